The summed E-state index contributed by atoms with van der Waals surface area (Å²) in [5.41, 5.74) is 3.75. The van der Waals surface area contributed by atoms with Gasteiger partial charge in [0.15, 0.2) is 17.3 Å². The Balaban J connectivity index is 1.63. The molecule has 0 aliphatic heterocycles. The molecule has 2 aromatic heterocycles. The van der Waals surface area contributed by atoms with Crippen molar-refractivity contribution >= 4 is 17.0 Å². The van der Waals surface area contributed by atoms with Crippen LogP contribution in [0.15, 0.2) is 54.9 Å². The molecule has 0 unspecified atom stereocenters. The Kier molecular flexibility index (Phi) is 6.02. The Bertz CT molecular complexity index is 1150. The number of aromatic nitrogens is 4. The molecular formula is C24H27N5O2. The molecule has 0 fully saturated rings. The summed E-state index contributed by atoms with van der Waals surface area (Å²) < 4.78 is 12.6. The zero-order valence-electron chi connectivity index (χ0n) is 18.3. The maximum atomic E-state index is 5.27. The van der Waals surface area contributed by atoms with Gasteiger partial charge in [-0.25, -0.2) is 15.0 Å². The first kappa shape index (κ1) is 20.7. The Labute approximate surface area is 182 Å². The van der Waals surface area contributed by atoms with Crippen molar-refractivity contribution in [3.63, 3.8) is 0 Å². The predicted octanol–water partition coefficient (Wildman–Crippen LogP) is 4.75. The third-order valence-corrected chi connectivity index (χ3v) is 5.19. The molecule has 160 valence electrons. The molecule has 1 N–H and O–H groups in total. The molecule has 7 heteroatoms. The summed E-state index contributed by atoms with van der Waals surface area (Å²) in [5.74, 6) is 3.06. The largest absolute Gasteiger partial charge is 0.497 e. The van der Waals surface area contributed by atoms with E-state index in [0.29, 0.717) is 5.82 Å². The first-order valence-electron chi connectivity index (χ1n) is 10.3. The lowest BCUT2D eigenvalue weighted by molar-refractivity contribution is 0.414. The number of methoxy groups -OCH3 is 2. The van der Waals surface area contributed by atoms with Crippen molar-refractivity contribution in [3.05, 3.63) is 60.4 Å². The molecule has 0 aliphatic carbocycles. The van der Waals surface area contributed by atoms with E-state index in [1.165, 1.54) is 5.56 Å². The van der Waals surface area contributed by atoms with E-state index < -0.39 is 0 Å². The summed E-state index contributed by atoms with van der Waals surface area (Å²) in [6.45, 7) is 4.97. The summed E-state index contributed by atoms with van der Waals surface area (Å²) in [6, 6.07) is 16.1. The number of rotatable bonds is 8. The van der Waals surface area contributed by atoms with Gasteiger partial charge in [-0.05, 0) is 62.2 Å². The smallest absolute Gasteiger partial charge is 0.166 e. The Morgan fingerprint density at radius 3 is 2.16 bits per heavy atom. The molecule has 0 saturated carbocycles. The van der Waals surface area contributed by atoms with Crippen LogP contribution in [0.4, 0.5) is 5.82 Å². The molecular weight excluding hydrogens is 390 g/mol. The second kappa shape index (κ2) is 9.04. The first-order valence-corrected chi connectivity index (χ1v) is 10.3. The monoisotopic (exact) mass is 417 g/mol. The van der Waals surface area contributed by atoms with Gasteiger partial charge in [0.25, 0.3) is 0 Å². The SMILES string of the molecule is COc1ccc(CCNc2nc(-c3ccc(OC)cc3)nc3c2ncn3C(C)C)cc1. The summed E-state index contributed by atoms with van der Waals surface area (Å²) >= 11 is 0. The molecule has 0 radical (unpaired) electrons. The van der Waals surface area contributed by atoms with Gasteiger partial charge >= 0.3 is 0 Å². The van der Waals surface area contributed by atoms with E-state index in [0.717, 1.165) is 47.0 Å². The number of imidazole rings is 1. The molecule has 0 aliphatic rings. The molecule has 0 spiro atoms. The van der Waals surface area contributed by atoms with Gasteiger partial charge in [-0.3, -0.25) is 0 Å². The van der Waals surface area contributed by atoms with Crippen molar-refractivity contribution in [2.75, 3.05) is 26.1 Å². The van der Waals surface area contributed by atoms with Crippen LogP contribution in [0.25, 0.3) is 22.6 Å². The lowest BCUT2D eigenvalue weighted by Gasteiger charge is -2.12. The van der Waals surface area contributed by atoms with Crippen molar-refractivity contribution < 1.29 is 9.47 Å². The zero-order valence-corrected chi connectivity index (χ0v) is 18.3. The van der Waals surface area contributed by atoms with E-state index in [2.05, 4.69) is 40.8 Å². The number of nitrogens with zero attached hydrogens (tertiary/aromatic N) is 4. The van der Waals surface area contributed by atoms with E-state index in [4.69, 9.17) is 19.4 Å². The lowest BCUT2D eigenvalue weighted by Crippen LogP contribution is -2.09. The molecule has 31 heavy (non-hydrogen) atoms. The quantitative estimate of drug-likeness (QED) is 0.446. The van der Waals surface area contributed by atoms with Gasteiger partial charge in [0, 0.05) is 18.2 Å². The van der Waals surface area contributed by atoms with Gasteiger partial charge in [0.1, 0.15) is 17.0 Å². The number of hydrogen-bond donors (Lipinski definition) is 1. The Hall–Kier alpha value is -3.61. The summed E-state index contributed by atoms with van der Waals surface area (Å²) in [4.78, 5) is 14.2. The minimum absolute atomic E-state index is 0.246. The summed E-state index contributed by atoms with van der Waals surface area (Å²) in [6.07, 6.45) is 2.69. The summed E-state index contributed by atoms with van der Waals surface area (Å²) in [5, 5.41) is 3.47. The van der Waals surface area contributed by atoms with Crippen molar-refractivity contribution in [2.45, 2.75) is 26.3 Å². The highest BCUT2D eigenvalue weighted by Crippen LogP contribution is 2.27. The maximum Gasteiger partial charge on any atom is 0.166 e. The van der Waals surface area contributed by atoms with Crippen molar-refractivity contribution in [1.29, 1.82) is 0 Å². The molecule has 2 heterocycles. The fourth-order valence-electron chi connectivity index (χ4n) is 3.40. The van der Waals surface area contributed by atoms with E-state index in [-0.39, 0.29) is 6.04 Å². The lowest BCUT2D eigenvalue weighted by atomic mass is 10.1. The predicted molar refractivity (Wildman–Crippen MR) is 123 cm³/mol. The van der Waals surface area contributed by atoms with Gasteiger partial charge in [-0.2, -0.15) is 0 Å². The maximum absolute atomic E-state index is 5.27. The fraction of sp³-hybridized carbons (Fsp3) is 0.292. The van der Waals surface area contributed by atoms with Crippen LogP contribution in [-0.2, 0) is 6.42 Å². The molecule has 2 aromatic carbocycles. The van der Waals surface area contributed by atoms with Crippen LogP contribution in [0.1, 0.15) is 25.5 Å². The fourth-order valence-corrected chi connectivity index (χ4v) is 3.40. The van der Waals surface area contributed by atoms with E-state index in [9.17, 15) is 0 Å². The van der Waals surface area contributed by atoms with Crippen molar-refractivity contribution in [2.24, 2.45) is 0 Å². The molecule has 7 nitrogen and oxygen atoms in total. The molecule has 0 saturated heterocycles. The van der Waals surface area contributed by atoms with E-state index in [1.807, 2.05) is 42.7 Å². The molecule has 4 aromatic rings. The second-order valence-corrected chi connectivity index (χ2v) is 7.57. The number of benzene rings is 2. The van der Waals surface area contributed by atoms with Crippen LogP contribution >= 0.6 is 0 Å². The van der Waals surface area contributed by atoms with Crippen LogP contribution in [0.2, 0.25) is 0 Å². The molecule has 0 bridgehead atoms. The van der Waals surface area contributed by atoms with E-state index >= 15 is 0 Å². The molecule has 4 rings (SSSR count). The minimum Gasteiger partial charge on any atom is -0.497 e. The average molecular weight is 418 g/mol. The average Bonchev–Trinajstić information content (AvgIpc) is 3.24. The van der Waals surface area contributed by atoms with Crippen LogP contribution in [0, 0.1) is 0 Å². The van der Waals surface area contributed by atoms with Gasteiger partial charge in [0.05, 0.1) is 20.5 Å². The number of fused-ring (bicyclic) bond motifs is 1. The van der Waals surface area contributed by atoms with Crippen LogP contribution in [0.5, 0.6) is 11.5 Å². The highest BCUT2D eigenvalue weighted by molar-refractivity contribution is 5.85. The third-order valence-electron chi connectivity index (χ3n) is 5.19. The Morgan fingerprint density at radius 1 is 0.903 bits per heavy atom. The standard InChI is InChI=1S/C24H27N5O2/c1-16(2)29-15-26-21-23(25-14-13-17-5-9-19(30-3)10-6-17)27-22(28-24(21)29)18-7-11-20(31-4)12-8-18/h5-12,15-16H,13-14H2,1-4H3,(H,25,27,28). The van der Waals surface area contributed by atoms with Gasteiger partial charge in [-0.1, -0.05) is 12.1 Å². The second-order valence-electron chi connectivity index (χ2n) is 7.57. The number of hydrogen-bond acceptors (Lipinski definition) is 6. The van der Waals surface area contributed by atoms with Gasteiger partial charge in [0.2, 0.25) is 0 Å². The van der Waals surface area contributed by atoms with Crippen LogP contribution in [0.3, 0.4) is 0 Å². The van der Waals surface area contributed by atoms with Crippen molar-refractivity contribution in [1.82, 2.24) is 19.5 Å². The van der Waals surface area contributed by atoms with Crippen LogP contribution in [-0.4, -0.2) is 40.3 Å². The molecule has 0 amide bonds. The van der Waals surface area contributed by atoms with Gasteiger partial charge in [-0.15, -0.1) is 0 Å². The third kappa shape index (κ3) is 4.45. The highest BCUT2D eigenvalue weighted by Gasteiger charge is 2.16. The number of nitrogens with one attached hydrogen (secondary N) is 1. The Morgan fingerprint density at radius 2 is 1.55 bits per heavy atom. The van der Waals surface area contributed by atoms with Crippen molar-refractivity contribution in [3.8, 4) is 22.9 Å². The molecule has 0 atom stereocenters. The normalized spacial score (nSPS) is 11.1. The highest BCUT2D eigenvalue weighted by atomic mass is 16.5. The van der Waals surface area contributed by atoms with Crippen LogP contribution < -0.4 is 14.8 Å². The summed E-state index contributed by atoms with van der Waals surface area (Å²) in [7, 11) is 3.33. The van der Waals surface area contributed by atoms with Gasteiger partial charge < -0.3 is 19.4 Å². The number of ether oxygens (including phenoxy) is 2. The zero-order chi connectivity index (χ0) is 21.8. The topological polar surface area (TPSA) is 74.1 Å². The first-order chi connectivity index (χ1) is 15.1. The minimum atomic E-state index is 0.246. The number of anilines is 1. The van der Waals surface area contributed by atoms with E-state index in [1.54, 1.807) is 14.2 Å².